The molecule has 0 bridgehead atoms. The number of hydrogen-bond donors (Lipinski definition) is 1. The van der Waals surface area contributed by atoms with Crippen molar-refractivity contribution in [2.24, 2.45) is 0 Å². The number of hydrogen-bond acceptors (Lipinski definition) is 4. The van der Waals surface area contributed by atoms with Gasteiger partial charge >= 0.3 is 0 Å². The number of rotatable bonds is 4. The van der Waals surface area contributed by atoms with E-state index in [1.807, 2.05) is 6.92 Å². The van der Waals surface area contributed by atoms with Crippen molar-refractivity contribution >= 4 is 5.78 Å². The van der Waals surface area contributed by atoms with E-state index in [0.29, 0.717) is 5.56 Å². The summed E-state index contributed by atoms with van der Waals surface area (Å²) in [5.74, 6) is 0.879. The van der Waals surface area contributed by atoms with Crippen molar-refractivity contribution in [2.45, 2.75) is 31.9 Å². The summed E-state index contributed by atoms with van der Waals surface area (Å²) in [7, 11) is 1.61. The summed E-state index contributed by atoms with van der Waals surface area (Å²) in [6, 6.07) is 7.08. The molecular weight excluding hydrogens is 242 g/mol. The Balaban J connectivity index is 2.01. The van der Waals surface area contributed by atoms with Crippen LogP contribution >= 0.6 is 0 Å². The Hall–Kier alpha value is -1.39. The molecule has 1 saturated heterocycles. The molecule has 1 aliphatic heterocycles. The van der Waals surface area contributed by atoms with Crippen molar-refractivity contribution in [3.8, 4) is 5.75 Å². The fourth-order valence-corrected chi connectivity index (χ4v) is 2.44. The van der Waals surface area contributed by atoms with Gasteiger partial charge in [-0.2, -0.15) is 0 Å². The van der Waals surface area contributed by atoms with Crippen LogP contribution in [0.3, 0.4) is 0 Å². The van der Waals surface area contributed by atoms with Crippen molar-refractivity contribution in [1.29, 1.82) is 0 Å². The van der Waals surface area contributed by atoms with Crippen LogP contribution in [0.15, 0.2) is 24.3 Å². The summed E-state index contributed by atoms with van der Waals surface area (Å²) < 4.78 is 5.09. The minimum atomic E-state index is -0.209. The number of ketones is 1. The molecule has 19 heavy (non-hydrogen) atoms. The molecule has 1 fully saturated rings. The van der Waals surface area contributed by atoms with Gasteiger partial charge in [0.25, 0.3) is 0 Å². The Labute approximate surface area is 114 Å². The Kier molecular flexibility index (Phi) is 4.56. The normalized spacial score (nSPS) is 19.1. The van der Waals surface area contributed by atoms with Crippen LogP contribution in [0.4, 0.5) is 0 Å². The number of piperidine rings is 1. The van der Waals surface area contributed by atoms with E-state index in [4.69, 9.17) is 4.74 Å². The van der Waals surface area contributed by atoms with Gasteiger partial charge in [0.1, 0.15) is 5.75 Å². The van der Waals surface area contributed by atoms with Crippen molar-refractivity contribution in [1.82, 2.24) is 4.90 Å². The molecule has 1 atom stereocenters. The predicted molar refractivity (Wildman–Crippen MR) is 73.6 cm³/mol. The summed E-state index contributed by atoms with van der Waals surface area (Å²) in [5.41, 5.74) is 0.708. The van der Waals surface area contributed by atoms with E-state index in [0.717, 1.165) is 31.7 Å². The first-order valence-electron chi connectivity index (χ1n) is 6.72. The first-order chi connectivity index (χ1) is 9.11. The van der Waals surface area contributed by atoms with Gasteiger partial charge in [-0.3, -0.25) is 9.69 Å². The quantitative estimate of drug-likeness (QED) is 0.840. The smallest absolute Gasteiger partial charge is 0.179 e. The van der Waals surface area contributed by atoms with Crippen LogP contribution in [0.2, 0.25) is 0 Å². The highest BCUT2D eigenvalue weighted by molar-refractivity contribution is 5.99. The Morgan fingerprint density at radius 2 is 1.89 bits per heavy atom. The second kappa shape index (κ2) is 6.17. The van der Waals surface area contributed by atoms with Crippen molar-refractivity contribution in [3.63, 3.8) is 0 Å². The molecule has 0 aliphatic carbocycles. The van der Waals surface area contributed by atoms with Gasteiger partial charge in [0.15, 0.2) is 5.78 Å². The number of aliphatic hydroxyl groups excluding tert-OH is 1. The summed E-state index contributed by atoms with van der Waals surface area (Å²) >= 11 is 0. The number of methoxy groups -OCH3 is 1. The average molecular weight is 263 g/mol. The van der Waals surface area contributed by atoms with Crippen molar-refractivity contribution in [3.05, 3.63) is 29.8 Å². The third-order valence-corrected chi connectivity index (χ3v) is 3.80. The zero-order chi connectivity index (χ0) is 13.8. The second-order valence-electron chi connectivity index (χ2n) is 5.04. The van der Waals surface area contributed by atoms with Gasteiger partial charge in [-0.1, -0.05) is 0 Å². The maximum Gasteiger partial charge on any atom is 0.179 e. The number of ether oxygens (including phenoxy) is 1. The molecule has 4 heteroatoms. The van der Waals surface area contributed by atoms with Crippen molar-refractivity contribution < 1.29 is 14.6 Å². The molecule has 1 N–H and O–H groups in total. The van der Waals surface area contributed by atoms with E-state index in [9.17, 15) is 9.90 Å². The van der Waals surface area contributed by atoms with Gasteiger partial charge < -0.3 is 9.84 Å². The zero-order valence-corrected chi connectivity index (χ0v) is 11.5. The fourth-order valence-electron chi connectivity index (χ4n) is 2.44. The number of likely N-dealkylation sites (tertiary alicyclic amines) is 1. The number of Topliss-reactive ketones (excluding diaryl/α,β-unsaturated/α-hetero) is 1. The van der Waals surface area contributed by atoms with E-state index in [-0.39, 0.29) is 17.9 Å². The van der Waals surface area contributed by atoms with Crippen LogP contribution in [0.1, 0.15) is 30.1 Å². The van der Waals surface area contributed by atoms with Gasteiger partial charge in [0.2, 0.25) is 0 Å². The molecule has 0 aromatic heterocycles. The monoisotopic (exact) mass is 263 g/mol. The molecule has 1 aromatic carbocycles. The maximum atomic E-state index is 12.4. The van der Waals surface area contributed by atoms with Crippen LogP contribution in [0.25, 0.3) is 0 Å². The molecule has 0 amide bonds. The Morgan fingerprint density at radius 3 is 2.42 bits per heavy atom. The van der Waals surface area contributed by atoms with E-state index >= 15 is 0 Å². The van der Waals surface area contributed by atoms with E-state index in [1.54, 1.807) is 31.4 Å². The van der Waals surface area contributed by atoms with Gasteiger partial charge in [0, 0.05) is 18.7 Å². The second-order valence-corrected chi connectivity index (χ2v) is 5.04. The van der Waals surface area contributed by atoms with Crippen LogP contribution in [-0.4, -0.2) is 48.1 Å². The number of benzene rings is 1. The van der Waals surface area contributed by atoms with Crippen LogP contribution in [-0.2, 0) is 0 Å². The number of aliphatic hydroxyl groups is 1. The lowest BCUT2D eigenvalue weighted by Crippen LogP contribution is -2.45. The van der Waals surface area contributed by atoms with Gasteiger partial charge in [-0.05, 0) is 44.0 Å². The molecule has 1 aromatic rings. The highest BCUT2D eigenvalue weighted by Gasteiger charge is 2.26. The summed E-state index contributed by atoms with van der Waals surface area (Å²) in [4.78, 5) is 14.5. The Morgan fingerprint density at radius 1 is 1.32 bits per heavy atom. The van der Waals surface area contributed by atoms with Crippen LogP contribution < -0.4 is 4.74 Å². The highest BCUT2D eigenvalue weighted by atomic mass is 16.5. The molecule has 2 rings (SSSR count). The molecule has 4 nitrogen and oxygen atoms in total. The molecule has 104 valence electrons. The summed E-state index contributed by atoms with van der Waals surface area (Å²) in [5, 5.41) is 9.50. The number of nitrogens with zero attached hydrogens (tertiary/aromatic N) is 1. The van der Waals surface area contributed by atoms with Gasteiger partial charge in [-0.25, -0.2) is 0 Å². The number of carbonyl (C=O) groups is 1. The molecule has 1 unspecified atom stereocenters. The lowest BCUT2D eigenvalue weighted by atomic mass is 10.0. The summed E-state index contributed by atoms with van der Waals surface area (Å²) in [6.45, 7) is 3.50. The molecule has 0 spiro atoms. The van der Waals surface area contributed by atoms with Gasteiger partial charge in [-0.15, -0.1) is 0 Å². The third kappa shape index (κ3) is 3.33. The molecule has 0 radical (unpaired) electrons. The fraction of sp³-hybridized carbons (Fsp3) is 0.533. The lowest BCUT2D eigenvalue weighted by molar-refractivity contribution is 0.0549. The zero-order valence-electron chi connectivity index (χ0n) is 11.5. The predicted octanol–water partition coefficient (Wildman–Crippen LogP) is 1.72. The first kappa shape index (κ1) is 14.0. The molecule has 0 saturated carbocycles. The van der Waals surface area contributed by atoms with E-state index < -0.39 is 0 Å². The van der Waals surface area contributed by atoms with E-state index in [1.165, 1.54) is 0 Å². The lowest BCUT2D eigenvalue weighted by Gasteiger charge is -2.33. The third-order valence-electron chi connectivity index (χ3n) is 3.80. The SMILES string of the molecule is COc1ccc(C(=O)C(C)N2CCC(O)CC2)cc1. The van der Waals surface area contributed by atoms with Gasteiger partial charge in [0.05, 0.1) is 19.3 Å². The molecular formula is C15H21NO3. The Bertz CT molecular complexity index is 422. The standard InChI is InChI=1S/C15H21NO3/c1-11(16-9-7-13(17)8-10-16)15(18)12-3-5-14(19-2)6-4-12/h3-6,11,13,17H,7-10H2,1-2H3. The highest BCUT2D eigenvalue weighted by Crippen LogP contribution is 2.18. The van der Waals surface area contributed by atoms with E-state index in [2.05, 4.69) is 4.90 Å². The minimum absolute atomic E-state index is 0.124. The first-order valence-corrected chi connectivity index (χ1v) is 6.72. The summed E-state index contributed by atoms with van der Waals surface area (Å²) in [6.07, 6.45) is 1.29. The van der Waals surface area contributed by atoms with Crippen LogP contribution in [0, 0.1) is 0 Å². The van der Waals surface area contributed by atoms with Crippen molar-refractivity contribution in [2.75, 3.05) is 20.2 Å². The van der Waals surface area contributed by atoms with Crippen LogP contribution in [0.5, 0.6) is 5.75 Å². The largest absolute Gasteiger partial charge is 0.497 e. The number of carbonyl (C=O) groups excluding carboxylic acids is 1. The average Bonchev–Trinajstić information content (AvgIpc) is 2.46. The minimum Gasteiger partial charge on any atom is -0.497 e. The molecule has 1 heterocycles. The molecule has 1 aliphatic rings. The maximum absolute atomic E-state index is 12.4. The topological polar surface area (TPSA) is 49.8 Å².